The molecule has 0 aliphatic heterocycles. The highest BCUT2D eigenvalue weighted by Crippen LogP contribution is 2.23. The SMILES string of the molecule is CCC/C=C/CCC(=O)Oc1ccc(-c2cnc(-c3ccc(CCCCC)cc3)nc2)cc1. The fourth-order valence-electron chi connectivity index (χ4n) is 3.53. The molecule has 172 valence electrons. The number of benzene rings is 2. The smallest absolute Gasteiger partial charge is 0.311 e. The van der Waals surface area contributed by atoms with E-state index in [0.717, 1.165) is 41.8 Å². The minimum Gasteiger partial charge on any atom is -0.427 e. The summed E-state index contributed by atoms with van der Waals surface area (Å²) in [4.78, 5) is 21.1. The maximum atomic E-state index is 12.0. The van der Waals surface area contributed by atoms with Crippen LogP contribution in [-0.4, -0.2) is 15.9 Å². The molecule has 2 aromatic carbocycles. The minimum absolute atomic E-state index is 0.215. The van der Waals surface area contributed by atoms with Crippen molar-refractivity contribution in [1.29, 1.82) is 0 Å². The highest BCUT2D eigenvalue weighted by atomic mass is 16.5. The van der Waals surface area contributed by atoms with Gasteiger partial charge in [0.25, 0.3) is 0 Å². The maximum absolute atomic E-state index is 12.0. The van der Waals surface area contributed by atoms with Crippen LogP contribution in [0.25, 0.3) is 22.5 Å². The zero-order chi connectivity index (χ0) is 23.3. The third-order valence-electron chi connectivity index (χ3n) is 5.49. The average molecular weight is 443 g/mol. The van der Waals surface area contributed by atoms with Crippen molar-refractivity contribution >= 4 is 5.97 Å². The lowest BCUT2D eigenvalue weighted by Crippen LogP contribution is -2.06. The second-order valence-corrected chi connectivity index (χ2v) is 8.25. The number of rotatable bonds is 12. The van der Waals surface area contributed by atoms with E-state index in [2.05, 4.69) is 54.2 Å². The van der Waals surface area contributed by atoms with Gasteiger partial charge in [-0.3, -0.25) is 4.79 Å². The molecule has 1 heterocycles. The molecule has 4 heteroatoms. The molecule has 0 aliphatic rings. The van der Waals surface area contributed by atoms with E-state index in [1.165, 1.54) is 24.8 Å². The Morgan fingerprint density at radius 1 is 0.788 bits per heavy atom. The Bertz CT molecular complexity index is 1010. The van der Waals surface area contributed by atoms with Gasteiger partial charge in [0.15, 0.2) is 5.82 Å². The van der Waals surface area contributed by atoms with E-state index in [1.54, 1.807) is 0 Å². The summed E-state index contributed by atoms with van der Waals surface area (Å²) in [5.41, 5.74) is 4.29. The minimum atomic E-state index is -0.215. The predicted molar refractivity (Wildman–Crippen MR) is 135 cm³/mol. The molecule has 4 nitrogen and oxygen atoms in total. The highest BCUT2D eigenvalue weighted by molar-refractivity contribution is 5.73. The van der Waals surface area contributed by atoms with Gasteiger partial charge >= 0.3 is 5.97 Å². The van der Waals surface area contributed by atoms with Gasteiger partial charge in [0.2, 0.25) is 0 Å². The number of aromatic nitrogens is 2. The first-order valence-electron chi connectivity index (χ1n) is 12.1. The first-order chi connectivity index (χ1) is 16.2. The van der Waals surface area contributed by atoms with Gasteiger partial charge in [-0.05, 0) is 48.9 Å². The van der Waals surface area contributed by atoms with Crippen LogP contribution in [0, 0.1) is 0 Å². The summed E-state index contributed by atoms with van der Waals surface area (Å²) in [6.07, 6.45) is 15.9. The van der Waals surface area contributed by atoms with E-state index in [0.29, 0.717) is 18.6 Å². The van der Waals surface area contributed by atoms with Crippen LogP contribution in [-0.2, 0) is 11.2 Å². The first-order valence-corrected chi connectivity index (χ1v) is 12.1. The van der Waals surface area contributed by atoms with Crippen LogP contribution in [0.2, 0.25) is 0 Å². The molecule has 0 saturated carbocycles. The fourth-order valence-corrected chi connectivity index (χ4v) is 3.53. The monoisotopic (exact) mass is 442 g/mol. The normalized spacial score (nSPS) is 11.1. The Labute approximate surface area is 197 Å². The molecule has 3 aromatic rings. The Morgan fingerprint density at radius 3 is 2.12 bits per heavy atom. The molecule has 0 bridgehead atoms. The largest absolute Gasteiger partial charge is 0.427 e. The van der Waals surface area contributed by atoms with Crippen LogP contribution in [0.15, 0.2) is 73.1 Å². The van der Waals surface area contributed by atoms with Gasteiger partial charge in [0.05, 0.1) is 0 Å². The van der Waals surface area contributed by atoms with E-state index >= 15 is 0 Å². The molecule has 0 N–H and O–H groups in total. The van der Waals surface area contributed by atoms with Gasteiger partial charge in [-0.15, -0.1) is 0 Å². The summed E-state index contributed by atoms with van der Waals surface area (Å²) >= 11 is 0. The fraction of sp³-hybridized carbons (Fsp3) is 0.345. The lowest BCUT2D eigenvalue weighted by molar-refractivity contribution is -0.134. The highest BCUT2D eigenvalue weighted by Gasteiger charge is 2.06. The summed E-state index contributed by atoms with van der Waals surface area (Å²) in [7, 11) is 0. The quantitative estimate of drug-likeness (QED) is 0.125. The lowest BCUT2D eigenvalue weighted by atomic mass is 10.0. The zero-order valence-electron chi connectivity index (χ0n) is 19.8. The molecular formula is C29H34N2O2. The van der Waals surface area contributed by atoms with E-state index in [4.69, 9.17) is 4.74 Å². The summed E-state index contributed by atoms with van der Waals surface area (Å²) < 4.78 is 5.43. The Kier molecular flexibility index (Phi) is 9.84. The van der Waals surface area contributed by atoms with E-state index in [1.807, 2.05) is 42.7 Å². The summed E-state index contributed by atoms with van der Waals surface area (Å²) in [6, 6.07) is 16.0. The van der Waals surface area contributed by atoms with Gasteiger partial charge in [-0.2, -0.15) is 0 Å². The van der Waals surface area contributed by atoms with E-state index < -0.39 is 0 Å². The van der Waals surface area contributed by atoms with Gasteiger partial charge in [0, 0.05) is 29.9 Å². The molecule has 0 unspecified atom stereocenters. The van der Waals surface area contributed by atoms with Crippen LogP contribution < -0.4 is 4.74 Å². The van der Waals surface area contributed by atoms with Crippen molar-refractivity contribution in [3.05, 3.63) is 78.6 Å². The van der Waals surface area contributed by atoms with Crippen LogP contribution in [0.3, 0.4) is 0 Å². The number of carbonyl (C=O) groups excluding carboxylic acids is 1. The molecule has 0 atom stereocenters. The second kappa shape index (κ2) is 13.3. The number of aryl methyl sites for hydroxylation is 1. The molecule has 0 saturated heterocycles. The number of allylic oxidation sites excluding steroid dienone is 2. The number of hydrogen-bond donors (Lipinski definition) is 0. The predicted octanol–water partition coefficient (Wildman–Crippen LogP) is 7.59. The first kappa shape index (κ1) is 24.4. The second-order valence-electron chi connectivity index (χ2n) is 8.25. The summed E-state index contributed by atoms with van der Waals surface area (Å²) in [5.74, 6) is 1.06. The van der Waals surface area contributed by atoms with Crippen molar-refractivity contribution < 1.29 is 9.53 Å². The maximum Gasteiger partial charge on any atom is 0.311 e. The van der Waals surface area contributed by atoms with Crippen molar-refractivity contribution in [2.75, 3.05) is 0 Å². The molecule has 3 rings (SSSR count). The number of unbranched alkanes of at least 4 members (excludes halogenated alkanes) is 3. The lowest BCUT2D eigenvalue weighted by Gasteiger charge is -2.07. The zero-order valence-corrected chi connectivity index (χ0v) is 19.8. The number of nitrogens with zero attached hydrogens (tertiary/aromatic N) is 2. The topological polar surface area (TPSA) is 52.1 Å². The van der Waals surface area contributed by atoms with Crippen molar-refractivity contribution in [3.63, 3.8) is 0 Å². The molecular weight excluding hydrogens is 408 g/mol. The molecule has 0 fully saturated rings. The van der Waals surface area contributed by atoms with Gasteiger partial charge in [0.1, 0.15) is 5.75 Å². The van der Waals surface area contributed by atoms with Crippen LogP contribution >= 0.6 is 0 Å². The molecule has 0 aliphatic carbocycles. The Hall–Kier alpha value is -3.27. The third kappa shape index (κ3) is 7.98. The number of hydrogen-bond acceptors (Lipinski definition) is 4. The average Bonchev–Trinajstić information content (AvgIpc) is 2.85. The van der Waals surface area contributed by atoms with Crippen LogP contribution in [0.1, 0.15) is 64.4 Å². The van der Waals surface area contributed by atoms with E-state index in [-0.39, 0.29) is 5.97 Å². The number of carbonyl (C=O) groups is 1. The summed E-state index contributed by atoms with van der Waals surface area (Å²) in [6.45, 7) is 4.36. The van der Waals surface area contributed by atoms with Crippen LogP contribution in [0.4, 0.5) is 0 Å². The third-order valence-corrected chi connectivity index (χ3v) is 5.49. The molecule has 0 amide bonds. The van der Waals surface area contributed by atoms with Crippen molar-refractivity contribution in [1.82, 2.24) is 9.97 Å². The number of esters is 1. The van der Waals surface area contributed by atoms with E-state index in [9.17, 15) is 4.79 Å². The molecule has 0 spiro atoms. The molecule has 33 heavy (non-hydrogen) atoms. The van der Waals surface area contributed by atoms with Crippen molar-refractivity contribution in [3.8, 4) is 28.3 Å². The number of ether oxygens (including phenoxy) is 1. The Balaban J connectivity index is 1.54. The van der Waals surface area contributed by atoms with Gasteiger partial charge in [-0.1, -0.05) is 81.7 Å². The molecule has 0 radical (unpaired) electrons. The van der Waals surface area contributed by atoms with Gasteiger partial charge in [-0.25, -0.2) is 9.97 Å². The Morgan fingerprint density at radius 2 is 1.45 bits per heavy atom. The molecule has 1 aromatic heterocycles. The standard InChI is InChI=1S/C29H34N2O2/c1-3-5-7-8-10-12-28(32)33-27-19-17-24(18-20-27)26-21-30-29(31-22-26)25-15-13-23(14-16-25)11-9-6-4-2/h7-8,13-22H,3-6,9-12H2,1-2H3/b8-7+. The van der Waals surface area contributed by atoms with Crippen LogP contribution in [0.5, 0.6) is 5.75 Å². The van der Waals surface area contributed by atoms with Gasteiger partial charge < -0.3 is 4.74 Å². The summed E-state index contributed by atoms with van der Waals surface area (Å²) in [5, 5.41) is 0. The van der Waals surface area contributed by atoms with Crippen molar-refractivity contribution in [2.45, 2.75) is 65.2 Å². The van der Waals surface area contributed by atoms with Crippen molar-refractivity contribution in [2.24, 2.45) is 0 Å².